The molecule has 0 aromatic carbocycles. The third kappa shape index (κ3) is 963. The van der Waals surface area contributed by atoms with Crippen molar-refractivity contribution in [2.75, 3.05) is 19.1 Å². The Labute approximate surface area is 117 Å². The first-order valence-corrected chi connectivity index (χ1v) is 8.27. The third-order valence-electron chi connectivity index (χ3n) is 0.382. The SMILES string of the molecule is C=CC.C=NCCC.CC.CC.CC.CSC. The first-order valence-electron chi connectivity index (χ1n) is 6.64. The summed E-state index contributed by atoms with van der Waals surface area (Å²) in [5, 5.41) is 0. The van der Waals surface area contributed by atoms with Gasteiger partial charge in [-0.3, -0.25) is 0 Å². The number of nitrogens with zero attached hydrogens (tertiary/aromatic N) is 1. The number of hydrogen-bond acceptors (Lipinski definition) is 2. The molecule has 0 radical (unpaired) electrons. The second kappa shape index (κ2) is 152. The molecule has 17 heavy (non-hydrogen) atoms. The highest BCUT2D eigenvalue weighted by Gasteiger charge is 1.61. The van der Waals surface area contributed by atoms with Gasteiger partial charge in [0, 0.05) is 6.54 Å². The molecule has 0 aromatic rings. The van der Waals surface area contributed by atoms with E-state index in [1.165, 1.54) is 0 Å². The van der Waals surface area contributed by atoms with Crippen molar-refractivity contribution >= 4 is 18.5 Å². The normalized spacial score (nSPS) is 5.06. The molecule has 1 nitrogen and oxygen atoms in total. The maximum absolute atomic E-state index is 3.60. The average Bonchev–Trinajstić information content (AvgIpc) is 2.39. The fraction of sp³-hybridized carbons (Fsp3) is 0.800. The average molecular weight is 266 g/mol. The molecule has 0 saturated heterocycles. The van der Waals surface area contributed by atoms with Crippen LogP contribution in [0.15, 0.2) is 17.6 Å². The fourth-order valence-electron chi connectivity index (χ4n) is 0.158. The number of rotatable bonds is 2. The van der Waals surface area contributed by atoms with Crippen molar-refractivity contribution in [1.29, 1.82) is 0 Å². The van der Waals surface area contributed by atoms with Gasteiger partial charge >= 0.3 is 0 Å². The zero-order valence-corrected chi connectivity index (χ0v) is 15.1. The van der Waals surface area contributed by atoms with Gasteiger partial charge < -0.3 is 4.99 Å². The number of aliphatic imine (C=N–C) groups is 1. The summed E-state index contributed by atoms with van der Waals surface area (Å²) in [5.41, 5.74) is 0. The van der Waals surface area contributed by atoms with Crippen LogP contribution in [0.1, 0.15) is 61.8 Å². The minimum absolute atomic E-state index is 0.903. The molecule has 0 aliphatic rings. The molecule has 0 aliphatic heterocycles. The molecule has 0 aromatic heterocycles. The first kappa shape index (κ1) is 36.0. The van der Waals surface area contributed by atoms with Crippen molar-refractivity contribution in [3.8, 4) is 0 Å². The van der Waals surface area contributed by atoms with Crippen molar-refractivity contribution in [3.63, 3.8) is 0 Å². The van der Waals surface area contributed by atoms with Gasteiger partial charge in [-0.1, -0.05) is 54.5 Å². The molecule has 0 unspecified atom stereocenters. The lowest BCUT2D eigenvalue weighted by molar-refractivity contribution is 0.940. The van der Waals surface area contributed by atoms with Crippen LogP contribution in [0.5, 0.6) is 0 Å². The van der Waals surface area contributed by atoms with Crippen molar-refractivity contribution in [2.45, 2.75) is 61.8 Å². The fourth-order valence-corrected chi connectivity index (χ4v) is 0.158. The van der Waals surface area contributed by atoms with E-state index in [0.717, 1.165) is 13.0 Å². The van der Waals surface area contributed by atoms with Gasteiger partial charge in [-0.2, -0.15) is 11.8 Å². The van der Waals surface area contributed by atoms with E-state index >= 15 is 0 Å². The highest BCUT2D eigenvalue weighted by atomic mass is 32.2. The predicted octanol–water partition coefficient (Wildman–Crippen LogP) is 6.35. The summed E-state index contributed by atoms with van der Waals surface area (Å²) >= 11 is 1.75. The van der Waals surface area contributed by atoms with Crippen molar-refractivity contribution < 1.29 is 0 Å². The summed E-state index contributed by atoms with van der Waals surface area (Å²) < 4.78 is 0. The van der Waals surface area contributed by atoms with Crippen LogP contribution in [0, 0.1) is 0 Å². The summed E-state index contributed by atoms with van der Waals surface area (Å²) in [4.78, 5) is 3.60. The van der Waals surface area contributed by atoms with Crippen molar-refractivity contribution in [1.82, 2.24) is 0 Å². The Balaban J connectivity index is -0.0000000225. The monoisotopic (exact) mass is 265 g/mol. The van der Waals surface area contributed by atoms with Crippen LogP contribution in [0.3, 0.4) is 0 Å². The van der Waals surface area contributed by atoms with Gasteiger partial charge in [-0.05, 0) is 32.6 Å². The van der Waals surface area contributed by atoms with E-state index in [-0.39, 0.29) is 0 Å². The molecule has 0 spiro atoms. The molecule has 0 aliphatic carbocycles. The zero-order valence-electron chi connectivity index (χ0n) is 14.3. The molecule has 0 N–H and O–H groups in total. The second-order valence-corrected chi connectivity index (χ2v) is 2.58. The molecular formula is C15H39NS. The summed E-state index contributed by atoms with van der Waals surface area (Å²) in [5.74, 6) is 0. The minimum atomic E-state index is 0.903. The van der Waals surface area contributed by atoms with Crippen LogP contribution in [-0.4, -0.2) is 25.8 Å². The Bertz CT molecular complexity index is 63.9. The Morgan fingerprint density at radius 2 is 1.18 bits per heavy atom. The minimum Gasteiger partial charge on any atom is -0.301 e. The van der Waals surface area contributed by atoms with E-state index in [1.54, 1.807) is 17.8 Å². The topological polar surface area (TPSA) is 12.4 Å². The van der Waals surface area contributed by atoms with Gasteiger partial charge in [0.15, 0.2) is 0 Å². The highest BCUT2D eigenvalue weighted by molar-refractivity contribution is 7.97. The summed E-state index contributed by atoms with van der Waals surface area (Å²) in [6.45, 7) is 23.5. The first-order chi connectivity index (χ1) is 8.24. The molecular weight excluding hydrogens is 226 g/mol. The lowest BCUT2D eigenvalue weighted by Crippen LogP contribution is -1.67. The zero-order chi connectivity index (χ0) is 15.5. The second-order valence-electron chi connectivity index (χ2n) is 1.76. The quantitative estimate of drug-likeness (QED) is 0.419. The maximum Gasteiger partial charge on any atom is 0.0379 e. The lowest BCUT2D eigenvalue weighted by atomic mass is 10.5. The van der Waals surface area contributed by atoms with Gasteiger partial charge in [-0.25, -0.2) is 0 Å². The van der Waals surface area contributed by atoms with E-state index in [0.29, 0.717) is 0 Å². The largest absolute Gasteiger partial charge is 0.301 e. The molecule has 0 saturated carbocycles. The van der Waals surface area contributed by atoms with Gasteiger partial charge in [0.1, 0.15) is 0 Å². The molecule has 0 fully saturated rings. The molecule has 0 rings (SSSR count). The molecule has 2 heteroatoms. The van der Waals surface area contributed by atoms with Crippen LogP contribution in [0.4, 0.5) is 0 Å². The van der Waals surface area contributed by atoms with E-state index in [2.05, 4.69) is 25.2 Å². The standard InChI is InChI=1S/C4H9N.C3H6.C2H6S.3C2H6/c1-3-4-5-2;2*1-3-2;3*1-2/h2-4H2,1H3;3H,1H2,2H3;1-2H3;3*1-2H3. The van der Waals surface area contributed by atoms with E-state index < -0.39 is 0 Å². The third-order valence-corrected chi connectivity index (χ3v) is 0.382. The summed E-state index contributed by atoms with van der Waals surface area (Å²) in [7, 11) is 0. The smallest absolute Gasteiger partial charge is 0.0379 e. The summed E-state index contributed by atoms with van der Waals surface area (Å²) in [6, 6.07) is 0. The van der Waals surface area contributed by atoms with Crippen LogP contribution in [0.2, 0.25) is 0 Å². The Hall–Kier alpha value is -0.240. The van der Waals surface area contributed by atoms with Crippen LogP contribution in [0.25, 0.3) is 0 Å². The Morgan fingerprint density at radius 3 is 1.18 bits per heavy atom. The van der Waals surface area contributed by atoms with Gasteiger partial charge in [0.25, 0.3) is 0 Å². The van der Waals surface area contributed by atoms with E-state index in [4.69, 9.17) is 0 Å². The molecule has 0 atom stereocenters. The molecule has 0 bridgehead atoms. The van der Waals surface area contributed by atoms with Crippen LogP contribution < -0.4 is 0 Å². The van der Waals surface area contributed by atoms with Gasteiger partial charge in [0.2, 0.25) is 0 Å². The van der Waals surface area contributed by atoms with Gasteiger partial charge in [-0.15, -0.1) is 6.58 Å². The number of hydrogen-bond donors (Lipinski definition) is 0. The van der Waals surface area contributed by atoms with Crippen molar-refractivity contribution in [2.24, 2.45) is 4.99 Å². The summed E-state index contributed by atoms with van der Waals surface area (Å²) in [6.07, 6.45) is 6.95. The van der Waals surface area contributed by atoms with Gasteiger partial charge in [0.05, 0.1) is 0 Å². The van der Waals surface area contributed by atoms with E-state index in [9.17, 15) is 0 Å². The van der Waals surface area contributed by atoms with E-state index in [1.807, 2.05) is 61.0 Å². The number of allylic oxidation sites excluding steroid dienone is 1. The number of thioether (sulfide) groups is 1. The molecule has 0 amide bonds. The van der Waals surface area contributed by atoms with Crippen molar-refractivity contribution in [3.05, 3.63) is 12.7 Å². The lowest BCUT2D eigenvalue weighted by Gasteiger charge is -1.74. The Kier molecular flexibility index (Phi) is 320. The Morgan fingerprint density at radius 1 is 1.00 bits per heavy atom. The molecule has 110 valence electrons. The highest BCUT2D eigenvalue weighted by Crippen LogP contribution is 1.70. The van der Waals surface area contributed by atoms with Crippen LogP contribution >= 0.6 is 11.8 Å². The predicted molar refractivity (Wildman–Crippen MR) is 94.1 cm³/mol. The van der Waals surface area contributed by atoms with Crippen LogP contribution in [-0.2, 0) is 0 Å². The molecule has 0 heterocycles. The maximum atomic E-state index is 3.60.